The molecule has 2 N–H and O–H groups in total. The fraction of sp³-hybridized carbons (Fsp3) is 0.350. The summed E-state index contributed by atoms with van der Waals surface area (Å²) >= 11 is 0. The molecule has 1 aliphatic rings. The van der Waals surface area contributed by atoms with Crippen LogP contribution in [0.5, 0.6) is 0 Å². The molecule has 138 valence electrons. The van der Waals surface area contributed by atoms with Crippen LogP contribution >= 0.6 is 0 Å². The molecule has 1 aliphatic heterocycles. The van der Waals surface area contributed by atoms with E-state index in [1.54, 1.807) is 18.2 Å². The molecule has 0 aromatic heterocycles. The maximum atomic E-state index is 13.8. The number of rotatable bonds is 6. The topological polar surface area (TPSA) is 52.6 Å². The van der Waals surface area contributed by atoms with Crippen molar-refractivity contribution < 1.29 is 18.7 Å². The molecule has 0 amide bonds. The van der Waals surface area contributed by atoms with Gasteiger partial charge in [0.2, 0.25) is 0 Å². The summed E-state index contributed by atoms with van der Waals surface area (Å²) in [5.41, 5.74) is 1.29. The third kappa shape index (κ3) is 4.65. The largest absolute Gasteiger partial charge is 0.478 e. The second-order valence-corrected chi connectivity index (χ2v) is 6.66. The Labute approximate surface area is 151 Å². The molecule has 2 aromatic carbocycles. The highest BCUT2D eigenvalue weighted by Gasteiger charge is 2.21. The molecule has 0 spiro atoms. The van der Waals surface area contributed by atoms with Crippen molar-refractivity contribution in [2.75, 3.05) is 13.1 Å². The summed E-state index contributed by atoms with van der Waals surface area (Å²) in [6.07, 6.45) is 1.93. The van der Waals surface area contributed by atoms with Gasteiger partial charge in [-0.2, -0.15) is 0 Å². The third-order valence-electron chi connectivity index (χ3n) is 4.72. The van der Waals surface area contributed by atoms with E-state index < -0.39 is 17.6 Å². The second-order valence-electron chi connectivity index (χ2n) is 6.66. The first-order valence-corrected chi connectivity index (χ1v) is 8.74. The molecule has 4 nitrogen and oxygen atoms in total. The standard InChI is InChI=1S/C20H22F2N2O2/c21-18-7-2-8-19(22)17(18)13-24-9-3-6-16(12-24)23-11-14-4-1-5-15(10-14)20(25)26/h1-2,4-5,7-8,10,16,23H,3,6,9,11-13H2,(H,25,26). The first-order chi connectivity index (χ1) is 12.5. The van der Waals surface area contributed by atoms with E-state index in [1.807, 2.05) is 6.07 Å². The molecule has 0 bridgehead atoms. The molecule has 1 heterocycles. The van der Waals surface area contributed by atoms with Crippen molar-refractivity contribution in [1.29, 1.82) is 0 Å². The van der Waals surface area contributed by atoms with Crippen molar-refractivity contribution in [3.05, 3.63) is 70.8 Å². The van der Waals surface area contributed by atoms with Gasteiger partial charge in [0.15, 0.2) is 0 Å². The van der Waals surface area contributed by atoms with Crippen LogP contribution < -0.4 is 5.32 Å². The summed E-state index contributed by atoms with van der Waals surface area (Å²) < 4.78 is 27.7. The van der Waals surface area contributed by atoms with E-state index in [0.29, 0.717) is 13.1 Å². The quantitative estimate of drug-likeness (QED) is 0.829. The number of piperidine rings is 1. The Morgan fingerprint density at radius 2 is 1.92 bits per heavy atom. The number of aromatic carboxylic acids is 1. The van der Waals surface area contributed by atoms with Crippen molar-refractivity contribution in [3.63, 3.8) is 0 Å². The number of benzene rings is 2. The van der Waals surface area contributed by atoms with Gasteiger partial charge < -0.3 is 10.4 Å². The highest BCUT2D eigenvalue weighted by atomic mass is 19.1. The molecule has 1 saturated heterocycles. The highest BCUT2D eigenvalue weighted by Crippen LogP contribution is 2.18. The summed E-state index contributed by atoms with van der Waals surface area (Å²) in [5.74, 6) is -1.96. The van der Waals surface area contributed by atoms with E-state index in [-0.39, 0.29) is 23.7 Å². The molecule has 0 aliphatic carbocycles. The molecule has 1 unspecified atom stereocenters. The van der Waals surface area contributed by atoms with E-state index in [4.69, 9.17) is 5.11 Å². The van der Waals surface area contributed by atoms with Gasteiger partial charge in [-0.25, -0.2) is 13.6 Å². The Balaban J connectivity index is 1.57. The number of carbonyl (C=O) groups is 1. The molecule has 0 radical (unpaired) electrons. The normalized spacial score (nSPS) is 18.0. The maximum absolute atomic E-state index is 13.8. The summed E-state index contributed by atoms with van der Waals surface area (Å²) in [6, 6.07) is 11.0. The van der Waals surface area contributed by atoms with Gasteiger partial charge in [-0.15, -0.1) is 0 Å². The van der Waals surface area contributed by atoms with Gasteiger partial charge in [-0.3, -0.25) is 4.90 Å². The van der Waals surface area contributed by atoms with Gasteiger partial charge in [-0.1, -0.05) is 18.2 Å². The van der Waals surface area contributed by atoms with E-state index in [9.17, 15) is 13.6 Å². The third-order valence-corrected chi connectivity index (χ3v) is 4.72. The Bertz CT molecular complexity index is 762. The second kappa shape index (κ2) is 8.38. The fourth-order valence-corrected chi connectivity index (χ4v) is 3.35. The Morgan fingerprint density at radius 3 is 2.65 bits per heavy atom. The van der Waals surface area contributed by atoms with Crippen LogP contribution in [-0.2, 0) is 13.1 Å². The Morgan fingerprint density at radius 1 is 1.19 bits per heavy atom. The van der Waals surface area contributed by atoms with Crippen LogP contribution in [0.3, 0.4) is 0 Å². The first-order valence-electron chi connectivity index (χ1n) is 8.74. The molecule has 1 fully saturated rings. The highest BCUT2D eigenvalue weighted by molar-refractivity contribution is 5.87. The van der Waals surface area contributed by atoms with Crippen LogP contribution in [0.25, 0.3) is 0 Å². The number of hydrogen-bond acceptors (Lipinski definition) is 3. The number of carboxylic acids is 1. The summed E-state index contributed by atoms with van der Waals surface area (Å²) in [5, 5.41) is 12.5. The molecule has 2 aromatic rings. The number of nitrogens with zero attached hydrogens (tertiary/aromatic N) is 1. The Hall–Kier alpha value is -2.31. The lowest BCUT2D eigenvalue weighted by atomic mass is 10.0. The predicted octanol–water partition coefficient (Wildman–Crippen LogP) is 3.42. The number of carboxylic acid groups (broad SMARTS) is 1. The molecular formula is C20H22F2N2O2. The van der Waals surface area contributed by atoms with Crippen molar-refractivity contribution in [3.8, 4) is 0 Å². The Kier molecular flexibility index (Phi) is 5.96. The van der Waals surface area contributed by atoms with Gasteiger partial charge in [0, 0.05) is 31.2 Å². The van der Waals surface area contributed by atoms with Crippen LogP contribution in [0.15, 0.2) is 42.5 Å². The lowest BCUT2D eigenvalue weighted by Gasteiger charge is -2.33. The average Bonchev–Trinajstić information content (AvgIpc) is 2.64. The van der Waals surface area contributed by atoms with Crippen LogP contribution in [-0.4, -0.2) is 35.1 Å². The summed E-state index contributed by atoms with van der Waals surface area (Å²) in [6.45, 7) is 2.33. The molecule has 3 rings (SSSR count). The number of halogens is 2. The van der Waals surface area contributed by atoms with Crippen LogP contribution in [0.4, 0.5) is 8.78 Å². The summed E-state index contributed by atoms with van der Waals surface area (Å²) in [4.78, 5) is 13.1. The van der Waals surface area contributed by atoms with E-state index >= 15 is 0 Å². The summed E-state index contributed by atoms with van der Waals surface area (Å²) in [7, 11) is 0. The van der Waals surface area contributed by atoms with Crippen LogP contribution in [0.1, 0.15) is 34.3 Å². The molecule has 6 heteroatoms. The maximum Gasteiger partial charge on any atom is 0.335 e. The van der Waals surface area contributed by atoms with Crippen LogP contribution in [0.2, 0.25) is 0 Å². The minimum absolute atomic E-state index is 0.113. The first kappa shape index (κ1) is 18.5. The van der Waals surface area contributed by atoms with Gasteiger partial charge in [0.25, 0.3) is 0 Å². The number of hydrogen-bond donors (Lipinski definition) is 2. The van der Waals surface area contributed by atoms with Gasteiger partial charge >= 0.3 is 5.97 Å². The van der Waals surface area contributed by atoms with Crippen LogP contribution in [0, 0.1) is 11.6 Å². The van der Waals surface area contributed by atoms with Crippen molar-refractivity contribution in [2.24, 2.45) is 0 Å². The van der Waals surface area contributed by atoms with Gasteiger partial charge in [-0.05, 0) is 49.2 Å². The average molecular weight is 360 g/mol. The van der Waals surface area contributed by atoms with Gasteiger partial charge in [0.05, 0.1) is 5.56 Å². The van der Waals surface area contributed by atoms with E-state index in [0.717, 1.165) is 24.9 Å². The van der Waals surface area contributed by atoms with E-state index in [2.05, 4.69) is 10.2 Å². The zero-order chi connectivity index (χ0) is 18.5. The fourth-order valence-electron chi connectivity index (χ4n) is 3.35. The van der Waals surface area contributed by atoms with Gasteiger partial charge in [0.1, 0.15) is 11.6 Å². The zero-order valence-electron chi connectivity index (χ0n) is 14.4. The minimum Gasteiger partial charge on any atom is -0.478 e. The molecule has 1 atom stereocenters. The van der Waals surface area contributed by atoms with E-state index in [1.165, 1.54) is 18.2 Å². The molecule has 26 heavy (non-hydrogen) atoms. The number of nitrogens with one attached hydrogen (secondary N) is 1. The number of likely N-dealkylation sites (tertiary alicyclic amines) is 1. The van der Waals surface area contributed by atoms with Crippen molar-refractivity contribution >= 4 is 5.97 Å². The SMILES string of the molecule is O=C(O)c1cccc(CNC2CCCN(Cc3c(F)cccc3F)C2)c1. The smallest absolute Gasteiger partial charge is 0.335 e. The van der Waals surface area contributed by atoms with Crippen molar-refractivity contribution in [1.82, 2.24) is 10.2 Å². The molecular weight excluding hydrogens is 338 g/mol. The zero-order valence-corrected chi connectivity index (χ0v) is 14.4. The van der Waals surface area contributed by atoms with Crippen molar-refractivity contribution in [2.45, 2.75) is 32.0 Å². The lowest BCUT2D eigenvalue weighted by Crippen LogP contribution is -2.45. The monoisotopic (exact) mass is 360 g/mol. The molecule has 0 saturated carbocycles. The predicted molar refractivity (Wildman–Crippen MR) is 94.9 cm³/mol. The lowest BCUT2D eigenvalue weighted by molar-refractivity contribution is 0.0696. The minimum atomic E-state index is -0.942.